The van der Waals surface area contributed by atoms with Crippen LogP contribution in [-0.4, -0.2) is 39.4 Å². The van der Waals surface area contributed by atoms with E-state index in [1.54, 1.807) is 48.2 Å². The fraction of sp³-hybridized carbons (Fsp3) is 0.381. The summed E-state index contributed by atoms with van der Waals surface area (Å²) in [5.74, 6) is 0.919. The number of piperidine rings is 1. The number of amides is 1. The average molecular weight is 403 g/mol. The van der Waals surface area contributed by atoms with Crippen molar-refractivity contribution in [1.82, 2.24) is 4.90 Å². The van der Waals surface area contributed by atoms with Gasteiger partial charge in [-0.2, -0.15) is 0 Å². The Morgan fingerprint density at radius 1 is 1.14 bits per heavy atom. The summed E-state index contributed by atoms with van der Waals surface area (Å²) in [7, 11) is -2.39. The number of sulfonamides is 1. The maximum absolute atomic E-state index is 13.0. The van der Waals surface area contributed by atoms with Crippen LogP contribution < -0.4 is 9.46 Å². The number of carbonyl (C=O) groups is 1. The summed E-state index contributed by atoms with van der Waals surface area (Å²) in [4.78, 5) is 14.7. The summed E-state index contributed by atoms with van der Waals surface area (Å²) in [5, 5.41) is 0. The molecule has 0 aromatic heterocycles. The summed E-state index contributed by atoms with van der Waals surface area (Å²) < 4.78 is 33.8. The number of para-hydroxylation sites is 2. The van der Waals surface area contributed by atoms with Gasteiger partial charge in [0.15, 0.2) is 0 Å². The van der Waals surface area contributed by atoms with Crippen LogP contribution in [0.25, 0.3) is 0 Å². The van der Waals surface area contributed by atoms with E-state index in [4.69, 9.17) is 4.74 Å². The van der Waals surface area contributed by atoms with Gasteiger partial charge in [0.1, 0.15) is 5.75 Å². The highest BCUT2D eigenvalue weighted by molar-refractivity contribution is 7.92. The van der Waals surface area contributed by atoms with Gasteiger partial charge in [-0.3, -0.25) is 9.52 Å². The Morgan fingerprint density at radius 3 is 2.50 bits per heavy atom. The third-order valence-corrected chi connectivity index (χ3v) is 6.65. The highest BCUT2D eigenvalue weighted by Gasteiger charge is 2.24. The molecule has 150 valence electrons. The zero-order valence-corrected chi connectivity index (χ0v) is 17.3. The monoisotopic (exact) mass is 402 g/mol. The van der Waals surface area contributed by atoms with Crippen molar-refractivity contribution < 1.29 is 17.9 Å². The molecule has 7 heteroatoms. The lowest BCUT2D eigenvalue weighted by molar-refractivity contribution is 0.0697. The van der Waals surface area contributed by atoms with Crippen molar-refractivity contribution in [3.8, 4) is 5.75 Å². The topological polar surface area (TPSA) is 75.7 Å². The van der Waals surface area contributed by atoms with Crippen LogP contribution in [0.15, 0.2) is 47.4 Å². The molecule has 0 spiro atoms. The first-order valence-corrected chi connectivity index (χ1v) is 10.9. The Hall–Kier alpha value is -2.54. The van der Waals surface area contributed by atoms with Crippen LogP contribution in [0.1, 0.15) is 35.7 Å². The highest BCUT2D eigenvalue weighted by Crippen LogP contribution is 2.28. The van der Waals surface area contributed by atoms with Crippen LogP contribution in [-0.2, 0) is 10.0 Å². The lowest BCUT2D eigenvalue weighted by Crippen LogP contribution is -2.38. The maximum atomic E-state index is 13.0. The Kier molecular flexibility index (Phi) is 5.93. The first kappa shape index (κ1) is 20.2. The van der Waals surface area contributed by atoms with Gasteiger partial charge >= 0.3 is 0 Å². The van der Waals surface area contributed by atoms with E-state index in [1.807, 2.05) is 0 Å². The number of rotatable bonds is 5. The first-order valence-electron chi connectivity index (χ1n) is 9.37. The quantitative estimate of drug-likeness (QED) is 0.828. The molecule has 0 saturated carbocycles. The lowest BCUT2D eigenvalue weighted by atomic mass is 9.98. The molecule has 28 heavy (non-hydrogen) atoms. The Morgan fingerprint density at radius 2 is 1.82 bits per heavy atom. The third-order valence-electron chi connectivity index (χ3n) is 5.15. The molecule has 3 rings (SSSR count). The Labute approximate surface area is 166 Å². The van der Waals surface area contributed by atoms with Crippen LogP contribution in [0.2, 0.25) is 0 Å². The predicted octanol–water partition coefficient (Wildman–Crippen LogP) is 3.68. The molecule has 1 heterocycles. The van der Waals surface area contributed by atoms with Crippen molar-refractivity contribution >= 4 is 21.6 Å². The molecule has 1 N–H and O–H groups in total. The standard InChI is InChI=1S/C21H26N2O4S/c1-15-10-12-23(13-11-15)21(24)17-9-8-16(2)20(14-17)28(25,26)22-18-6-4-5-7-19(18)27-3/h4-9,14-15,22H,10-13H2,1-3H3. The lowest BCUT2D eigenvalue weighted by Gasteiger charge is -2.30. The fourth-order valence-electron chi connectivity index (χ4n) is 3.35. The number of aryl methyl sites for hydroxylation is 1. The van der Waals surface area contributed by atoms with Crippen molar-refractivity contribution in [2.45, 2.75) is 31.6 Å². The molecule has 0 unspecified atom stereocenters. The molecule has 2 aromatic rings. The molecule has 2 aromatic carbocycles. The summed E-state index contributed by atoms with van der Waals surface area (Å²) in [6.07, 6.45) is 1.94. The van der Waals surface area contributed by atoms with E-state index < -0.39 is 10.0 Å². The minimum absolute atomic E-state index is 0.0923. The van der Waals surface area contributed by atoms with Gasteiger partial charge < -0.3 is 9.64 Å². The number of anilines is 1. The van der Waals surface area contributed by atoms with Gasteiger partial charge in [0.05, 0.1) is 17.7 Å². The number of nitrogens with zero attached hydrogens (tertiary/aromatic N) is 1. The fourth-order valence-corrected chi connectivity index (χ4v) is 4.69. The Balaban J connectivity index is 1.89. The van der Waals surface area contributed by atoms with Crippen LogP contribution in [0.4, 0.5) is 5.69 Å². The molecule has 1 aliphatic rings. The minimum atomic E-state index is -3.87. The molecule has 1 saturated heterocycles. The van der Waals surface area contributed by atoms with Gasteiger partial charge in [-0.1, -0.05) is 25.1 Å². The van der Waals surface area contributed by atoms with Crippen molar-refractivity contribution in [2.24, 2.45) is 5.92 Å². The van der Waals surface area contributed by atoms with E-state index in [0.717, 1.165) is 12.8 Å². The van der Waals surface area contributed by atoms with E-state index in [2.05, 4.69) is 11.6 Å². The predicted molar refractivity (Wildman–Crippen MR) is 109 cm³/mol. The molecule has 0 aliphatic carbocycles. The average Bonchev–Trinajstić information content (AvgIpc) is 2.68. The van der Waals surface area contributed by atoms with Gasteiger partial charge in [0.25, 0.3) is 15.9 Å². The normalized spacial score (nSPS) is 15.3. The molecule has 0 atom stereocenters. The van der Waals surface area contributed by atoms with Crippen molar-refractivity contribution in [3.63, 3.8) is 0 Å². The smallest absolute Gasteiger partial charge is 0.262 e. The second-order valence-electron chi connectivity index (χ2n) is 7.26. The van der Waals surface area contributed by atoms with Crippen LogP contribution in [0.3, 0.4) is 0 Å². The number of methoxy groups -OCH3 is 1. The van der Waals surface area contributed by atoms with Gasteiger partial charge in [-0.05, 0) is 55.5 Å². The van der Waals surface area contributed by atoms with Crippen LogP contribution in [0.5, 0.6) is 5.75 Å². The molecule has 1 fully saturated rings. The molecule has 6 nitrogen and oxygen atoms in total. The summed E-state index contributed by atoms with van der Waals surface area (Å²) in [6.45, 7) is 5.31. The Bertz CT molecular complexity index is 964. The van der Waals surface area contributed by atoms with Crippen LogP contribution in [0, 0.1) is 12.8 Å². The van der Waals surface area contributed by atoms with Crippen molar-refractivity contribution in [1.29, 1.82) is 0 Å². The molecular weight excluding hydrogens is 376 g/mol. The first-order chi connectivity index (χ1) is 13.3. The summed E-state index contributed by atoms with van der Waals surface area (Å²) in [6, 6.07) is 11.6. The van der Waals surface area contributed by atoms with Gasteiger partial charge in [-0.25, -0.2) is 8.42 Å². The molecule has 1 amide bonds. The van der Waals surface area contributed by atoms with E-state index >= 15 is 0 Å². The molecule has 0 radical (unpaired) electrons. The second-order valence-corrected chi connectivity index (χ2v) is 8.91. The third kappa shape index (κ3) is 4.30. The van der Waals surface area contributed by atoms with Crippen molar-refractivity contribution in [2.75, 3.05) is 24.9 Å². The number of hydrogen-bond donors (Lipinski definition) is 1. The van der Waals surface area contributed by atoms with Crippen LogP contribution >= 0.6 is 0 Å². The SMILES string of the molecule is COc1ccccc1NS(=O)(=O)c1cc(C(=O)N2CCC(C)CC2)ccc1C. The highest BCUT2D eigenvalue weighted by atomic mass is 32.2. The van der Waals surface area contributed by atoms with E-state index in [0.29, 0.717) is 41.6 Å². The zero-order valence-electron chi connectivity index (χ0n) is 16.4. The number of hydrogen-bond acceptors (Lipinski definition) is 4. The number of carbonyl (C=O) groups excluding carboxylic acids is 1. The van der Waals surface area contributed by atoms with Gasteiger partial charge in [0.2, 0.25) is 0 Å². The summed E-state index contributed by atoms with van der Waals surface area (Å²) in [5.41, 5.74) is 1.32. The summed E-state index contributed by atoms with van der Waals surface area (Å²) >= 11 is 0. The van der Waals surface area contributed by atoms with E-state index in [-0.39, 0.29) is 10.8 Å². The van der Waals surface area contributed by atoms with E-state index in [1.165, 1.54) is 13.2 Å². The van der Waals surface area contributed by atoms with Gasteiger partial charge in [0, 0.05) is 18.7 Å². The number of benzene rings is 2. The number of likely N-dealkylation sites (tertiary alicyclic amines) is 1. The number of nitrogens with one attached hydrogen (secondary N) is 1. The largest absolute Gasteiger partial charge is 0.495 e. The number of ether oxygens (including phenoxy) is 1. The van der Waals surface area contributed by atoms with E-state index in [9.17, 15) is 13.2 Å². The molecule has 1 aliphatic heterocycles. The molecule has 0 bridgehead atoms. The second kappa shape index (κ2) is 8.22. The van der Waals surface area contributed by atoms with Gasteiger partial charge in [-0.15, -0.1) is 0 Å². The zero-order chi connectivity index (χ0) is 20.3. The van der Waals surface area contributed by atoms with Crippen molar-refractivity contribution in [3.05, 3.63) is 53.6 Å². The molecular formula is C21H26N2O4S. The maximum Gasteiger partial charge on any atom is 0.262 e. The minimum Gasteiger partial charge on any atom is -0.495 e.